The third-order valence-corrected chi connectivity index (χ3v) is 6.79. The summed E-state index contributed by atoms with van der Waals surface area (Å²) in [6.07, 6.45) is 1.33. The number of hydrogen-bond donors (Lipinski definition) is 1. The molecule has 1 atom stereocenters. The minimum Gasteiger partial charge on any atom is -0.224 e. The summed E-state index contributed by atoms with van der Waals surface area (Å²) in [7, 11) is -7.09. The summed E-state index contributed by atoms with van der Waals surface area (Å²) < 4.78 is 50.2. The number of sulfonamides is 1. The van der Waals surface area contributed by atoms with Crippen molar-refractivity contribution in [3.8, 4) is 0 Å². The molecule has 9 heteroatoms. The zero-order valence-electron chi connectivity index (χ0n) is 9.38. The molecule has 0 bridgehead atoms. The Labute approximate surface area is 128 Å². The standard InChI is InChI=1S/C10H9Br2NO4S2/c11-7-1-2-9(12)10(5-7)19(16,17)13-8-3-4-18(14,15)6-8/h1-5,8,13H,6H2/t8-/m0/s1. The second-order valence-electron chi connectivity index (χ2n) is 3.96. The van der Waals surface area contributed by atoms with Gasteiger partial charge in [-0.1, -0.05) is 22.0 Å². The van der Waals surface area contributed by atoms with Crippen LogP contribution < -0.4 is 4.72 Å². The van der Waals surface area contributed by atoms with Crippen molar-refractivity contribution in [3.63, 3.8) is 0 Å². The molecule has 1 aromatic carbocycles. The Bertz CT molecular complexity index is 741. The highest BCUT2D eigenvalue weighted by atomic mass is 79.9. The summed E-state index contributed by atoms with van der Waals surface area (Å²) in [5.41, 5.74) is 0. The van der Waals surface area contributed by atoms with Crippen LogP contribution in [-0.2, 0) is 19.9 Å². The van der Waals surface area contributed by atoms with E-state index < -0.39 is 25.9 Å². The van der Waals surface area contributed by atoms with Crippen molar-refractivity contribution in [2.24, 2.45) is 0 Å². The molecule has 0 unspecified atom stereocenters. The Balaban J connectivity index is 2.29. The van der Waals surface area contributed by atoms with Crippen LogP contribution in [0.2, 0.25) is 0 Å². The average Bonchev–Trinajstić information content (AvgIpc) is 2.60. The summed E-state index contributed by atoms with van der Waals surface area (Å²) in [4.78, 5) is 0.0552. The number of sulfone groups is 1. The molecule has 0 saturated carbocycles. The largest absolute Gasteiger partial charge is 0.242 e. The number of benzene rings is 1. The topological polar surface area (TPSA) is 80.3 Å². The van der Waals surface area contributed by atoms with E-state index in [1.165, 1.54) is 12.1 Å². The lowest BCUT2D eigenvalue weighted by atomic mass is 10.4. The molecule has 1 aromatic rings. The van der Waals surface area contributed by atoms with Gasteiger partial charge in [0.1, 0.15) is 0 Å². The zero-order valence-corrected chi connectivity index (χ0v) is 14.2. The molecule has 19 heavy (non-hydrogen) atoms. The summed E-state index contributed by atoms with van der Waals surface area (Å²) in [6.45, 7) is 0. The molecule has 0 amide bonds. The van der Waals surface area contributed by atoms with Crippen molar-refractivity contribution < 1.29 is 16.8 Å². The molecule has 1 heterocycles. The first kappa shape index (κ1) is 15.2. The van der Waals surface area contributed by atoms with Gasteiger partial charge in [0.2, 0.25) is 10.0 Å². The minimum atomic E-state index is -3.79. The number of halogens is 2. The maximum absolute atomic E-state index is 12.2. The van der Waals surface area contributed by atoms with Crippen LogP contribution in [0.15, 0.2) is 43.5 Å². The molecule has 0 aliphatic carbocycles. The predicted octanol–water partition coefficient (Wildman–Crippen LogP) is 1.80. The quantitative estimate of drug-likeness (QED) is 0.792. The van der Waals surface area contributed by atoms with Crippen LogP contribution in [0.5, 0.6) is 0 Å². The van der Waals surface area contributed by atoms with Crippen molar-refractivity contribution in [1.29, 1.82) is 0 Å². The predicted molar refractivity (Wildman–Crippen MR) is 78.9 cm³/mol. The van der Waals surface area contributed by atoms with Gasteiger partial charge in [0.25, 0.3) is 0 Å². The molecule has 1 N–H and O–H groups in total. The number of hydrogen-bond acceptors (Lipinski definition) is 4. The summed E-state index contributed by atoms with van der Waals surface area (Å²) in [6, 6.07) is 4.00. The average molecular weight is 431 g/mol. The van der Waals surface area contributed by atoms with Gasteiger partial charge in [-0.3, -0.25) is 0 Å². The monoisotopic (exact) mass is 429 g/mol. The molecule has 104 valence electrons. The zero-order chi connectivity index (χ0) is 14.3. The van der Waals surface area contributed by atoms with Crippen molar-refractivity contribution >= 4 is 51.7 Å². The Kier molecular flexibility index (Phi) is 4.22. The van der Waals surface area contributed by atoms with Crippen molar-refractivity contribution in [2.45, 2.75) is 10.9 Å². The van der Waals surface area contributed by atoms with Gasteiger partial charge in [0.05, 0.1) is 16.7 Å². The summed E-state index contributed by atoms with van der Waals surface area (Å²) in [5, 5.41) is 1.02. The lowest BCUT2D eigenvalue weighted by Gasteiger charge is -2.12. The Morgan fingerprint density at radius 3 is 2.53 bits per heavy atom. The van der Waals surface area contributed by atoms with Gasteiger partial charge < -0.3 is 0 Å². The van der Waals surface area contributed by atoms with Crippen LogP contribution >= 0.6 is 31.9 Å². The van der Waals surface area contributed by atoms with E-state index in [1.54, 1.807) is 12.1 Å². The Morgan fingerprint density at radius 1 is 1.26 bits per heavy atom. The van der Waals surface area contributed by atoms with Crippen molar-refractivity contribution in [1.82, 2.24) is 4.72 Å². The summed E-state index contributed by atoms with van der Waals surface area (Å²) >= 11 is 6.36. The van der Waals surface area contributed by atoms with Gasteiger partial charge in [0, 0.05) is 14.4 Å². The van der Waals surface area contributed by atoms with Gasteiger partial charge >= 0.3 is 0 Å². The molecule has 0 fully saturated rings. The molecule has 0 radical (unpaired) electrons. The SMILES string of the molecule is O=S1(=O)C=C[C@H](NS(=O)(=O)c2cc(Br)ccc2Br)C1. The van der Waals surface area contributed by atoms with E-state index in [0.29, 0.717) is 8.95 Å². The van der Waals surface area contributed by atoms with Crippen LogP contribution in [0, 0.1) is 0 Å². The van der Waals surface area contributed by atoms with Crippen LogP contribution in [-0.4, -0.2) is 28.6 Å². The highest BCUT2D eigenvalue weighted by Crippen LogP contribution is 2.26. The molecule has 2 rings (SSSR count). The van der Waals surface area contributed by atoms with Crippen molar-refractivity contribution in [3.05, 3.63) is 38.6 Å². The smallest absolute Gasteiger partial charge is 0.224 e. The fraction of sp³-hybridized carbons (Fsp3) is 0.200. The number of rotatable bonds is 3. The second kappa shape index (κ2) is 5.28. The number of nitrogens with one attached hydrogen (secondary N) is 1. The Morgan fingerprint density at radius 2 is 1.95 bits per heavy atom. The van der Waals surface area contributed by atoms with E-state index in [4.69, 9.17) is 0 Å². The van der Waals surface area contributed by atoms with E-state index in [2.05, 4.69) is 36.6 Å². The van der Waals surface area contributed by atoms with E-state index in [9.17, 15) is 16.8 Å². The molecule has 5 nitrogen and oxygen atoms in total. The van der Waals surface area contributed by atoms with E-state index in [1.807, 2.05) is 0 Å². The van der Waals surface area contributed by atoms with E-state index in [-0.39, 0.29) is 10.6 Å². The first-order valence-electron chi connectivity index (χ1n) is 5.08. The lowest BCUT2D eigenvalue weighted by molar-refractivity contribution is 0.574. The molecular formula is C10H9Br2NO4S2. The molecular weight excluding hydrogens is 422 g/mol. The lowest BCUT2D eigenvalue weighted by Crippen LogP contribution is -2.35. The third-order valence-electron chi connectivity index (χ3n) is 2.42. The maximum Gasteiger partial charge on any atom is 0.242 e. The van der Waals surface area contributed by atoms with Gasteiger partial charge in [-0.05, 0) is 34.1 Å². The molecule has 0 aromatic heterocycles. The first-order chi connectivity index (χ1) is 8.70. The van der Waals surface area contributed by atoms with Gasteiger partial charge in [-0.15, -0.1) is 0 Å². The molecule has 1 aliphatic rings. The van der Waals surface area contributed by atoms with E-state index in [0.717, 1.165) is 5.41 Å². The minimum absolute atomic E-state index is 0.0552. The van der Waals surface area contributed by atoms with Gasteiger partial charge in [-0.25, -0.2) is 21.6 Å². The summed E-state index contributed by atoms with van der Waals surface area (Å²) in [5.74, 6) is -0.252. The highest BCUT2D eigenvalue weighted by molar-refractivity contribution is 9.11. The molecule has 1 aliphatic heterocycles. The normalized spacial score (nSPS) is 21.7. The van der Waals surface area contributed by atoms with Gasteiger partial charge in [-0.2, -0.15) is 0 Å². The van der Waals surface area contributed by atoms with Gasteiger partial charge in [0.15, 0.2) is 9.84 Å². The van der Waals surface area contributed by atoms with Crippen LogP contribution in [0.1, 0.15) is 0 Å². The Hall–Kier alpha value is -0.220. The van der Waals surface area contributed by atoms with Crippen LogP contribution in [0.4, 0.5) is 0 Å². The molecule has 0 saturated heterocycles. The first-order valence-corrected chi connectivity index (χ1v) is 9.86. The van der Waals surface area contributed by atoms with Crippen LogP contribution in [0.3, 0.4) is 0 Å². The van der Waals surface area contributed by atoms with E-state index >= 15 is 0 Å². The maximum atomic E-state index is 12.2. The third kappa shape index (κ3) is 3.66. The molecule has 0 spiro atoms. The fourth-order valence-electron chi connectivity index (χ4n) is 1.60. The highest BCUT2D eigenvalue weighted by Gasteiger charge is 2.27. The van der Waals surface area contributed by atoms with Crippen molar-refractivity contribution in [2.75, 3.05) is 5.75 Å². The fourth-order valence-corrected chi connectivity index (χ4v) is 5.63. The second-order valence-corrected chi connectivity index (χ2v) is 9.34. The van der Waals surface area contributed by atoms with Crippen LogP contribution in [0.25, 0.3) is 0 Å².